The van der Waals surface area contributed by atoms with Crippen molar-refractivity contribution in [3.63, 3.8) is 0 Å². The van der Waals surface area contributed by atoms with Crippen LogP contribution in [-0.2, 0) is 12.8 Å². The van der Waals surface area contributed by atoms with Crippen molar-refractivity contribution in [2.45, 2.75) is 18.9 Å². The van der Waals surface area contributed by atoms with E-state index in [-0.39, 0.29) is 42.4 Å². The van der Waals surface area contributed by atoms with Crippen LogP contribution >= 0.6 is 47.8 Å². The molecule has 0 unspecified atom stereocenters. The summed E-state index contributed by atoms with van der Waals surface area (Å²) in [7, 11) is 2.15. The van der Waals surface area contributed by atoms with Gasteiger partial charge >= 0.3 is 0 Å². The van der Waals surface area contributed by atoms with Crippen molar-refractivity contribution in [3.8, 4) is 22.6 Å². The highest BCUT2D eigenvalue weighted by Crippen LogP contribution is 2.52. The zero-order valence-electron chi connectivity index (χ0n) is 13.8. The molecule has 2 aromatic carbocycles. The molecule has 0 spiro atoms. The average molecular weight is 432 g/mol. The largest absolute Gasteiger partial charge is 0.504 e. The third-order valence-electron chi connectivity index (χ3n) is 5.30. The Kier molecular flexibility index (Phi) is 5.05. The minimum atomic E-state index is -0.0819. The predicted molar refractivity (Wildman–Crippen MR) is 111 cm³/mol. The number of halogens is 3. The van der Waals surface area contributed by atoms with Gasteiger partial charge in [0.05, 0.1) is 10.2 Å². The van der Waals surface area contributed by atoms with E-state index in [9.17, 15) is 10.2 Å². The first-order chi connectivity index (χ1) is 11.5. The van der Waals surface area contributed by atoms with Gasteiger partial charge in [-0.15, -0.1) is 36.2 Å². The van der Waals surface area contributed by atoms with Crippen LogP contribution in [0.15, 0.2) is 18.2 Å². The van der Waals surface area contributed by atoms with E-state index < -0.39 is 0 Å². The number of hydrogen-bond donors (Lipinski definition) is 2. The van der Waals surface area contributed by atoms with E-state index in [0.29, 0.717) is 4.47 Å². The van der Waals surface area contributed by atoms with Gasteiger partial charge in [0.25, 0.3) is 0 Å². The molecule has 138 valence electrons. The maximum absolute atomic E-state index is 10.5. The van der Waals surface area contributed by atoms with Gasteiger partial charge in [0.1, 0.15) is 0 Å². The molecule has 8 heteroatoms. The molecule has 2 aliphatic rings. The number of likely N-dealkylation sites (N-methyl/N-ethyl adjacent to an activating group) is 1. The number of aromatic hydroxyl groups is 2. The maximum atomic E-state index is 10.5. The van der Waals surface area contributed by atoms with Crippen molar-refractivity contribution in [2.75, 3.05) is 13.6 Å². The number of rotatable bonds is 0. The van der Waals surface area contributed by atoms with Gasteiger partial charge in [0.15, 0.2) is 16.0 Å². The summed E-state index contributed by atoms with van der Waals surface area (Å²) in [5.41, 5.74) is 6.20. The molecule has 2 heterocycles. The molecule has 5 rings (SSSR count). The van der Waals surface area contributed by atoms with Crippen molar-refractivity contribution in [1.29, 1.82) is 0 Å². The highest BCUT2D eigenvalue weighted by molar-refractivity contribution is 7.22. The second kappa shape index (κ2) is 6.73. The van der Waals surface area contributed by atoms with Crippen LogP contribution in [0.1, 0.15) is 22.7 Å². The van der Waals surface area contributed by atoms with Gasteiger partial charge in [-0.1, -0.05) is 17.7 Å². The second-order valence-corrected chi connectivity index (χ2v) is 8.13. The Labute approximate surface area is 172 Å². The van der Waals surface area contributed by atoms with Gasteiger partial charge in [-0.05, 0) is 54.3 Å². The van der Waals surface area contributed by atoms with E-state index >= 15 is 0 Å². The normalized spacial score (nSPS) is 17.8. The van der Waals surface area contributed by atoms with Gasteiger partial charge in [0, 0.05) is 18.2 Å². The van der Waals surface area contributed by atoms with Gasteiger partial charge in [-0.2, -0.15) is 0 Å². The molecule has 3 aromatic rings. The van der Waals surface area contributed by atoms with E-state index in [0.717, 1.165) is 46.3 Å². The zero-order chi connectivity index (χ0) is 16.6. The Morgan fingerprint density at radius 3 is 2.81 bits per heavy atom. The Hall–Kier alpha value is -1.24. The minimum absolute atomic E-state index is 0. The van der Waals surface area contributed by atoms with Crippen molar-refractivity contribution in [2.24, 2.45) is 0 Å². The van der Waals surface area contributed by atoms with Crippen LogP contribution in [0.25, 0.3) is 21.3 Å². The topological polar surface area (TPSA) is 56.6 Å². The quantitative estimate of drug-likeness (QED) is 0.494. The molecule has 0 amide bonds. The highest BCUT2D eigenvalue weighted by Gasteiger charge is 2.36. The van der Waals surface area contributed by atoms with E-state index in [4.69, 9.17) is 11.6 Å². The van der Waals surface area contributed by atoms with Crippen LogP contribution in [0.2, 0.25) is 4.47 Å². The van der Waals surface area contributed by atoms with Crippen molar-refractivity contribution in [3.05, 3.63) is 39.4 Å². The van der Waals surface area contributed by atoms with Crippen LogP contribution in [0.5, 0.6) is 11.5 Å². The predicted octanol–water partition coefficient (Wildman–Crippen LogP) is 4.96. The molecule has 1 atom stereocenters. The van der Waals surface area contributed by atoms with E-state index in [1.54, 1.807) is 6.07 Å². The summed E-state index contributed by atoms with van der Waals surface area (Å²) >= 11 is 7.69. The Balaban J connectivity index is 0.000000980. The molecule has 1 aromatic heterocycles. The Morgan fingerprint density at radius 1 is 1.27 bits per heavy atom. The summed E-state index contributed by atoms with van der Waals surface area (Å²) in [5, 5.41) is 20.5. The summed E-state index contributed by atoms with van der Waals surface area (Å²) in [6.07, 6.45) is 1.78. The number of fused-ring (bicyclic) bond motifs is 4. The third-order valence-corrected chi connectivity index (χ3v) is 6.54. The molecule has 4 nitrogen and oxygen atoms in total. The fourth-order valence-corrected chi connectivity index (χ4v) is 5.36. The van der Waals surface area contributed by atoms with Gasteiger partial charge in [-0.25, -0.2) is 4.98 Å². The van der Waals surface area contributed by atoms with Crippen LogP contribution < -0.4 is 0 Å². The van der Waals surface area contributed by atoms with E-state index in [1.807, 2.05) is 12.1 Å². The van der Waals surface area contributed by atoms with Crippen LogP contribution in [-0.4, -0.2) is 33.7 Å². The Bertz CT molecular complexity index is 1020. The smallest absolute Gasteiger partial charge is 0.184 e. The molecule has 0 radical (unpaired) electrons. The lowest BCUT2D eigenvalue weighted by Crippen LogP contribution is -2.35. The standard InChI is InChI=1S/C18H15ClN2O2S.2ClH/c1-21-5-4-9-15-10(7-11-17(9)24-18(19)20-11)14-8(6-12(15)21)2-3-13(22)16(14)23;;/h2-3,7,12,22-23H,4-6H2,1H3;2*1H/t12-;;/m1../s1. The fraction of sp³-hybridized carbons (Fsp3) is 0.278. The summed E-state index contributed by atoms with van der Waals surface area (Å²) < 4.78 is 1.69. The molecule has 26 heavy (non-hydrogen) atoms. The lowest BCUT2D eigenvalue weighted by Gasteiger charge is -2.40. The number of benzene rings is 2. The Morgan fingerprint density at radius 2 is 2.04 bits per heavy atom. The number of hydrogen-bond acceptors (Lipinski definition) is 5. The van der Waals surface area contributed by atoms with Gasteiger partial charge in [-0.3, -0.25) is 4.90 Å². The van der Waals surface area contributed by atoms with Crippen molar-refractivity contribution < 1.29 is 10.2 Å². The molecule has 0 fully saturated rings. The van der Waals surface area contributed by atoms with Gasteiger partial charge in [0.2, 0.25) is 0 Å². The highest BCUT2D eigenvalue weighted by atomic mass is 35.5. The van der Waals surface area contributed by atoms with Crippen LogP contribution in [0.4, 0.5) is 0 Å². The molecule has 1 aliphatic heterocycles. The van der Waals surface area contributed by atoms with Crippen LogP contribution in [0, 0.1) is 0 Å². The summed E-state index contributed by atoms with van der Waals surface area (Å²) in [5.74, 6) is -0.122. The number of thiazole rings is 1. The molecule has 2 N–H and O–H groups in total. The molecule has 0 saturated carbocycles. The third kappa shape index (κ3) is 2.57. The lowest BCUT2D eigenvalue weighted by molar-refractivity contribution is 0.228. The van der Waals surface area contributed by atoms with Gasteiger partial charge < -0.3 is 10.2 Å². The first kappa shape index (κ1) is 19.5. The second-order valence-electron chi connectivity index (χ2n) is 6.55. The summed E-state index contributed by atoms with van der Waals surface area (Å²) in [6, 6.07) is 5.78. The molecule has 1 aliphatic carbocycles. The first-order valence-corrected chi connectivity index (χ1v) is 9.10. The minimum Gasteiger partial charge on any atom is -0.504 e. The maximum Gasteiger partial charge on any atom is 0.184 e. The monoisotopic (exact) mass is 430 g/mol. The average Bonchev–Trinajstić information content (AvgIpc) is 2.93. The molecular weight excluding hydrogens is 415 g/mol. The molecular formula is C18H17Cl3N2O2S. The number of nitrogens with zero attached hydrogens (tertiary/aromatic N) is 2. The lowest BCUT2D eigenvalue weighted by atomic mass is 9.76. The summed E-state index contributed by atoms with van der Waals surface area (Å²) in [6.45, 7) is 0.991. The number of phenols is 2. The molecule has 0 saturated heterocycles. The SMILES string of the molecule is CN1CCc2c3c(cc4nc(Cl)sc24)-c2c(ccc(O)c2O)C[C@H]31.Cl.Cl. The van der Waals surface area contributed by atoms with Crippen LogP contribution in [0.3, 0.4) is 0 Å². The number of phenolic OH excluding ortho intramolecular Hbond substituents is 2. The van der Waals surface area contributed by atoms with E-state index in [1.165, 1.54) is 22.5 Å². The van der Waals surface area contributed by atoms with Crippen molar-refractivity contribution in [1.82, 2.24) is 9.88 Å². The van der Waals surface area contributed by atoms with E-state index in [2.05, 4.69) is 16.9 Å². The first-order valence-electron chi connectivity index (χ1n) is 7.91. The zero-order valence-corrected chi connectivity index (χ0v) is 17.0. The number of aromatic nitrogens is 1. The molecule has 0 bridgehead atoms. The summed E-state index contributed by atoms with van der Waals surface area (Å²) in [4.78, 5) is 6.82. The van der Waals surface area contributed by atoms with Crippen molar-refractivity contribution >= 4 is 58.0 Å². The fourth-order valence-electron chi connectivity index (χ4n) is 4.18.